The lowest BCUT2D eigenvalue weighted by Crippen LogP contribution is -2.46. The Balaban J connectivity index is 3.30. The lowest BCUT2D eigenvalue weighted by Gasteiger charge is -2.48. The first-order valence-electron chi connectivity index (χ1n) is 7.21. The Hall–Kier alpha value is -1.09. The van der Waals surface area contributed by atoms with Gasteiger partial charge in [0.25, 0.3) is 0 Å². The molecule has 0 radical (unpaired) electrons. The Bertz CT molecular complexity index is 432. The summed E-state index contributed by atoms with van der Waals surface area (Å²) in [5, 5.41) is 19.5. The molecule has 2 atom stereocenters. The lowest BCUT2D eigenvalue weighted by atomic mass is 9.57. The highest BCUT2D eigenvalue weighted by molar-refractivity contribution is 5.66. The molecular weight excluding hydrogens is 252 g/mol. The van der Waals surface area contributed by atoms with Crippen molar-refractivity contribution in [2.45, 2.75) is 60.5 Å². The van der Waals surface area contributed by atoms with Crippen molar-refractivity contribution in [2.24, 2.45) is 16.2 Å². The van der Waals surface area contributed by atoms with Gasteiger partial charge in [-0.15, -0.1) is 0 Å². The van der Waals surface area contributed by atoms with Crippen LogP contribution in [0, 0.1) is 16.2 Å². The topological polar surface area (TPSA) is 57.5 Å². The molecule has 0 aromatic carbocycles. The number of aliphatic carboxylic acids is 1. The van der Waals surface area contributed by atoms with Crippen LogP contribution in [0.3, 0.4) is 0 Å². The number of hydrogen-bond acceptors (Lipinski definition) is 2. The van der Waals surface area contributed by atoms with Gasteiger partial charge in [0.05, 0.1) is 6.10 Å². The zero-order valence-corrected chi connectivity index (χ0v) is 13.5. The molecule has 0 fully saturated rings. The number of allylic oxidation sites excluding steroid dienone is 2. The van der Waals surface area contributed by atoms with Gasteiger partial charge in [0.1, 0.15) is 0 Å². The van der Waals surface area contributed by atoms with Crippen LogP contribution < -0.4 is 0 Å². The third kappa shape index (κ3) is 3.32. The smallest absolute Gasteiger partial charge is 0.303 e. The third-order valence-corrected chi connectivity index (χ3v) is 4.41. The molecule has 114 valence electrons. The number of carboxylic acid groups (broad SMARTS) is 1. The minimum absolute atomic E-state index is 0.0175. The molecule has 0 bridgehead atoms. The van der Waals surface area contributed by atoms with E-state index in [4.69, 9.17) is 5.11 Å². The summed E-state index contributed by atoms with van der Waals surface area (Å²) in [6.45, 7) is 12.6. The van der Waals surface area contributed by atoms with Gasteiger partial charge in [0, 0.05) is 11.8 Å². The predicted octanol–water partition coefficient (Wildman–Crippen LogP) is 3.79. The zero-order chi connectivity index (χ0) is 15.8. The Morgan fingerprint density at radius 1 is 1.25 bits per heavy atom. The van der Waals surface area contributed by atoms with E-state index in [-0.39, 0.29) is 17.3 Å². The van der Waals surface area contributed by atoms with E-state index >= 15 is 0 Å². The molecule has 0 aromatic heterocycles. The molecule has 0 aromatic rings. The third-order valence-electron chi connectivity index (χ3n) is 4.41. The van der Waals surface area contributed by atoms with Gasteiger partial charge in [-0.2, -0.15) is 0 Å². The molecule has 2 unspecified atom stereocenters. The molecule has 20 heavy (non-hydrogen) atoms. The summed E-state index contributed by atoms with van der Waals surface area (Å²) in [5.74, 6) is -0.818. The average Bonchev–Trinajstić information content (AvgIpc) is 2.24. The Morgan fingerprint density at radius 2 is 1.80 bits per heavy atom. The standard InChI is InChI=1S/C17H28O3/c1-15(2,3)12-7-8-13(18)17(11-12,16(4,5)6)10-9-14(19)20/h7-8,11,13,18H,9-10H2,1-6H3,(H,19,20). The number of aliphatic hydroxyl groups is 1. The van der Waals surface area contributed by atoms with E-state index in [1.165, 1.54) is 0 Å². The van der Waals surface area contributed by atoms with Crippen LogP contribution in [0.4, 0.5) is 0 Å². The van der Waals surface area contributed by atoms with Crippen molar-refractivity contribution >= 4 is 5.97 Å². The molecule has 0 spiro atoms. The summed E-state index contributed by atoms with van der Waals surface area (Å²) in [7, 11) is 0. The zero-order valence-electron chi connectivity index (χ0n) is 13.5. The average molecular weight is 280 g/mol. The molecule has 1 aliphatic rings. The first-order chi connectivity index (χ1) is 8.90. The molecule has 0 heterocycles. The van der Waals surface area contributed by atoms with Gasteiger partial charge >= 0.3 is 5.97 Å². The summed E-state index contributed by atoms with van der Waals surface area (Å²) in [6.07, 6.45) is 5.75. The van der Waals surface area contributed by atoms with Crippen LogP contribution in [-0.2, 0) is 4.79 Å². The molecular formula is C17H28O3. The highest BCUT2D eigenvalue weighted by atomic mass is 16.4. The van der Waals surface area contributed by atoms with E-state index in [1.54, 1.807) is 0 Å². The number of aliphatic hydroxyl groups excluding tert-OH is 1. The second kappa shape index (κ2) is 5.36. The maximum absolute atomic E-state index is 11.0. The van der Waals surface area contributed by atoms with E-state index in [2.05, 4.69) is 47.6 Å². The second-order valence-corrected chi connectivity index (χ2v) is 7.84. The largest absolute Gasteiger partial charge is 0.481 e. The lowest BCUT2D eigenvalue weighted by molar-refractivity contribution is -0.138. The monoisotopic (exact) mass is 280 g/mol. The van der Waals surface area contributed by atoms with E-state index in [1.807, 2.05) is 12.2 Å². The van der Waals surface area contributed by atoms with E-state index in [0.29, 0.717) is 6.42 Å². The Labute approximate surface area is 122 Å². The summed E-state index contributed by atoms with van der Waals surface area (Å²) < 4.78 is 0. The predicted molar refractivity (Wildman–Crippen MR) is 81.4 cm³/mol. The van der Waals surface area contributed by atoms with Crippen molar-refractivity contribution < 1.29 is 15.0 Å². The van der Waals surface area contributed by atoms with Crippen molar-refractivity contribution in [3.8, 4) is 0 Å². The fraction of sp³-hybridized carbons (Fsp3) is 0.706. The molecule has 2 N–H and O–H groups in total. The number of rotatable bonds is 3. The Kier molecular flexibility index (Phi) is 4.55. The van der Waals surface area contributed by atoms with Crippen molar-refractivity contribution in [2.75, 3.05) is 0 Å². The number of hydrogen-bond donors (Lipinski definition) is 2. The van der Waals surface area contributed by atoms with Gasteiger partial charge in [0.2, 0.25) is 0 Å². The van der Waals surface area contributed by atoms with Gasteiger partial charge in [-0.1, -0.05) is 59.8 Å². The minimum Gasteiger partial charge on any atom is -0.481 e. The molecule has 3 heteroatoms. The summed E-state index contributed by atoms with van der Waals surface area (Å²) in [6, 6.07) is 0. The fourth-order valence-corrected chi connectivity index (χ4v) is 2.81. The van der Waals surface area contributed by atoms with Gasteiger partial charge in [-0.3, -0.25) is 4.79 Å². The van der Waals surface area contributed by atoms with Crippen LogP contribution in [0.25, 0.3) is 0 Å². The quantitative estimate of drug-likeness (QED) is 0.827. The van der Waals surface area contributed by atoms with Gasteiger partial charge in [0.15, 0.2) is 0 Å². The highest BCUT2D eigenvalue weighted by Crippen LogP contribution is 2.51. The van der Waals surface area contributed by atoms with Gasteiger partial charge in [-0.05, 0) is 22.8 Å². The highest BCUT2D eigenvalue weighted by Gasteiger charge is 2.47. The van der Waals surface area contributed by atoms with Crippen LogP contribution in [0.2, 0.25) is 0 Å². The van der Waals surface area contributed by atoms with Crippen LogP contribution in [-0.4, -0.2) is 22.3 Å². The summed E-state index contributed by atoms with van der Waals surface area (Å²) in [5.41, 5.74) is 0.380. The van der Waals surface area contributed by atoms with Gasteiger partial charge < -0.3 is 10.2 Å². The molecule has 0 saturated carbocycles. The van der Waals surface area contributed by atoms with E-state index in [9.17, 15) is 9.90 Å². The molecule has 3 nitrogen and oxygen atoms in total. The SMILES string of the molecule is CC(C)(C)C1=CC(CCC(=O)O)(C(C)(C)C)C(O)C=C1. The molecule has 0 aliphatic heterocycles. The maximum atomic E-state index is 11.0. The van der Waals surface area contributed by atoms with Crippen LogP contribution in [0.5, 0.6) is 0 Å². The Morgan fingerprint density at radius 3 is 2.20 bits per heavy atom. The molecule has 1 rings (SSSR count). The maximum Gasteiger partial charge on any atom is 0.303 e. The van der Waals surface area contributed by atoms with Crippen LogP contribution in [0.15, 0.2) is 23.8 Å². The van der Waals surface area contributed by atoms with Gasteiger partial charge in [-0.25, -0.2) is 0 Å². The van der Waals surface area contributed by atoms with Crippen molar-refractivity contribution in [1.82, 2.24) is 0 Å². The second-order valence-electron chi connectivity index (χ2n) is 7.84. The first kappa shape index (κ1) is 17.0. The van der Waals surface area contributed by atoms with E-state index in [0.717, 1.165) is 5.57 Å². The molecule has 1 aliphatic carbocycles. The van der Waals surface area contributed by atoms with Crippen molar-refractivity contribution in [3.05, 3.63) is 23.8 Å². The number of carboxylic acids is 1. The molecule has 0 amide bonds. The normalized spacial score (nSPS) is 27.4. The van der Waals surface area contributed by atoms with Crippen molar-refractivity contribution in [3.63, 3.8) is 0 Å². The first-order valence-corrected chi connectivity index (χ1v) is 7.21. The minimum atomic E-state index is -0.818. The van der Waals surface area contributed by atoms with Crippen LogP contribution >= 0.6 is 0 Å². The van der Waals surface area contributed by atoms with Crippen molar-refractivity contribution in [1.29, 1.82) is 0 Å². The number of carbonyl (C=O) groups is 1. The molecule has 0 saturated heterocycles. The summed E-state index contributed by atoms with van der Waals surface area (Å²) in [4.78, 5) is 11.0. The van der Waals surface area contributed by atoms with E-state index < -0.39 is 17.5 Å². The van der Waals surface area contributed by atoms with Crippen LogP contribution in [0.1, 0.15) is 54.4 Å². The fourth-order valence-electron chi connectivity index (χ4n) is 2.81. The summed E-state index contributed by atoms with van der Waals surface area (Å²) >= 11 is 0.